The van der Waals surface area contributed by atoms with Gasteiger partial charge in [-0.2, -0.15) is 9.97 Å². The van der Waals surface area contributed by atoms with Gasteiger partial charge in [0.15, 0.2) is 5.60 Å². The molecule has 0 radical (unpaired) electrons. The summed E-state index contributed by atoms with van der Waals surface area (Å²) in [4.78, 5) is 20.6. The molecule has 31 heavy (non-hydrogen) atoms. The molecule has 1 saturated heterocycles. The van der Waals surface area contributed by atoms with E-state index in [2.05, 4.69) is 28.1 Å². The highest BCUT2D eigenvalue weighted by molar-refractivity contribution is 6.28. The largest absolute Gasteiger partial charge is 0.449 e. The third kappa shape index (κ3) is 5.67. The average molecular weight is 449 g/mol. The van der Waals surface area contributed by atoms with Crippen LogP contribution in [0.4, 0.5) is 10.6 Å². The maximum atomic E-state index is 12.2. The molecule has 0 aliphatic carbocycles. The van der Waals surface area contributed by atoms with Crippen LogP contribution in [0.15, 0.2) is 12.3 Å². The van der Waals surface area contributed by atoms with Crippen molar-refractivity contribution in [3.63, 3.8) is 0 Å². The summed E-state index contributed by atoms with van der Waals surface area (Å²) in [6, 6.07) is 1.77. The molecule has 1 fully saturated rings. The van der Waals surface area contributed by atoms with E-state index in [-0.39, 0.29) is 17.7 Å². The molecule has 1 unspecified atom stereocenters. The number of nitrogens with one attached hydrogen (secondary N) is 1. The SMILES string of the molecule is C#CC1(CO)CC[C@H](n2ccc3c(NC(=O)OCCCCCCCC)nc(Cl)nc32)O1. The fourth-order valence-electron chi connectivity index (χ4n) is 3.71. The normalized spacial score (nSPS) is 20.6. The molecule has 1 aliphatic rings. The third-order valence-electron chi connectivity index (χ3n) is 5.48. The topological polar surface area (TPSA) is 98.5 Å². The fraction of sp³-hybridized carbons (Fsp3) is 0.591. The Hall–Kier alpha value is -2.34. The Kier molecular flexibility index (Phi) is 8.13. The number of anilines is 1. The molecule has 2 aromatic heterocycles. The molecule has 3 rings (SSSR count). The Labute approximate surface area is 187 Å². The Bertz CT molecular complexity index is 941. The minimum absolute atomic E-state index is 0.0120. The maximum absolute atomic E-state index is 12.2. The number of halogens is 1. The number of nitrogens with zero attached hydrogens (tertiary/aromatic N) is 3. The highest BCUT2D eigenvalue weighted by Gasteiger charge is 2.39. The van der Waals surface area contributed by atoms with Gasteiger partial charge in [0, 0.05) is 6.20 Å². The first kappa shape index (κ1) is 23.3. The van der Waals surface area contributed by atoms with Crippen LogP contribution in [0.1, 0.15) is 64.5 Å². The van der Waals surface area contributed by atoms with Crippen molar-refractivity contribution in [2.24, 2.45) is 0 Å². The average Bonchev–Trinajstić information content (AvgIpc) is 3.37. The zero-order valence-corrected chi connectivity index (χ0v) is 18.5. The summed E-state index contributed by atoms with van der Waals surface area (Å²) >= 11 is 6.10. The Morgan fingerprint density at radius 2 is 2.19 bits per heavy atom. The Morgan fingerprint density at radius 1 is 1.42 bits per heavy atom. The van der Waals surface area contributed by atoms with E-state index < -0.39 is 17.9 Å². The fourth-order valence-corrected chi connectivity index (χ4v) is 3.88. The molecule has 1 aliphatic heterocycles. The number of aliphatic hydroxyl groups is 1. The summed E-state index contributed by atoms with van der Waals surface area (Å²) in [6.07, 6.45) is 14.1. The van der Waals surface area contributed by atoms with Crippen molar-refractivity contribution in [3.8, 4) is 12.3 Å². The van der Waals surface area contributed by atoms with Crippen LogP contribution in [0.3, 0.4) is 0 Å². The standard InChI is InChI=1S/C22H29ClN4O4/c1-3-5-6-7-8-9-14-30-21(29)25-18-16-11-13-27(19(16)26-20(23)24-18)17-10-12-22(4-2,15-28)31-17/h2,11,13,17,28H,3,5-10,12,14-15H2,1H3,(H,24,25,26,29)/t17-,22?/m1/s1. The number of terminal acetylenes is 1. The minimum Gasteiger partial charge on any atom is -0.449 e. The predicted octanol–water partition coefficient (Wildman–Crippen LogP) is 4.67. The quantitative estimate of drug-likeness (QED) is 0.311. The van der Waals surface area contributed by atoms with Gasteiger partial charge in [-0.05, 0) is 36.9 Å². The maximum Gasteiger partial charge on any atom is 0.412 e. The number of ether oxygens (including phenoxy) is 2. The molecule has 1 amide bonds. The van der Waals surface area contributed by atoms with Crippen LogP contribution in [-0.2, 0) is 9.47 Å². The summed E-state index contributed by atoms with van der Waals surface area (Å²) in [5, 5.41) is 12.8. The number of hydrogen-bond acceptors (Lipinski definition) is 6. The highest BCUT2D eigenvalue weighted by atomic mass is 35.5. The van der Waals surface area contributed by atoms with Gasteiger partial charge in [0.2, 0.25) is 5.28 Å². The van der Waals surface area contributed by atoms with Gasteiger partial charge in [0.05, 0.1) is 18.6 Å². The van der Waals surface area contributed by atoms with Gasteiger partial charge in [-0.25, -0.2) is 4.79 Å². The van der Waals surface area contributed by atoms with E-state index in [0.29, 0.717) is 30.5 Å². The van der Waals surface area contributed by atoms with Crippen molar-refractivity contribution >= 4 is 34.5 Å². The number of carbonyl (C=O) groups is 1. The molecule has 9 heteroatoms. The number of rotatable bonds is 10. The lowest BCUT2D eigenvalue weighted by Crippen LogP contribution is -2.31. The first-order valence-corrected chi connectivity index (χ1v) is 11.1. The van der Waals surface area contributed by atoms with Crippen molar-refractivity contribution < 1.29 is 19.4 Å². The molecular weight excluding hydrogens is 420 g/mol. The highest BCUT2D eigenvalue weighted by Crippen LogP contribution is 2.38. The minimum atomic E-state index is -1.00. The molecule has 0 bridgehead atoms. The molecule has 0 spiro atoms. The van der Waals surface area contributed by atoms with Crippen LogP contribution in [0.2, 0.25) is 5.28 Å². The monoisotopic (exact) mass is 448 g/mol. The van der Waals surface area contributed by atoms with Gasteiger partial charge in [-0.3, -0.25) is 5.32 Å². The summed E-state index contributed by atoms with van der Waals surface area (Å²) in [6.45, 7) is 2.27. The zero-order valence-electron chi connectivity index (χ0n) is 17.8. The van der Waals surface area contributed by atoms with Crippen LogP contribution in [0.25, 0.3) is 11.0 Å². The molecule has 2 aromatic rings. The van der Waals surface area contributed by atoms with E-state index in [9.17, 15) is 9.90 Å². The molecular formula is C22H29ClN4O4. The third-order valence-corrected chi connectivity index (χ3v) is 5.65. The van der Waals surface area contributed by atoms with Crippen molar-refractivity contribution in [3.05, 3.63) is 17.5 Å². The first-order chi connectivity index (χ1) is 15.0. The van der Waals surface area contributed by atoms with Crippen molar-refractivity contribution in [1.29, 1.82) is 0 Å². The second-order valence-electron chi connectivity index (χ2n) is 7.74. The number of fused-ring (bicyclic) bond motifs is 1. The molecule has 168 valence electrons. The predicted molar refractivity (Wildman–Crippen MR) is 119 cm³/mol. The van der Waals surface area contributed by atoms with Crippen molar-refractivity contribution in [2.75, 3.05) is 18.5 Å². The molecule has 0 aromatic carbocycles. The summed E-state index contributed by atoms with van der Waals surface area (Å²) in [5.74, 6) is 2.81. The van der Waals surface area contributed by atoms with E-state index in [1.807, 2.05) is 0 Å². The molecule has 3 heterocycles. The summed E-state index contributed by atoms with van der Waals surface area (Å²) < 4.78 is 13.0. The van der Waals surface area contributed by atoms with E-state index in [0.717, 1.165) is 19.3 Å². The van der Waals surface area contributed by atoms with Crippen molar-refractivity contribution in [1.82, 2.24) is 14.5 Å². The number of aromatic nitrogens is 3. The van der Waals surface area contributed by atoms with Gasteiger partial charge < -0.3 is 19.1 Å². The second-order valence-corrected chi connectivity index (χ2v) is 8.08. The van der Waals surface area contributed by atoms with Crippen LogP contribution in [0.5, 0.6) is 0 Å². The van der Waals surface area contributed by atoms with E-state index >= 15 is 0 Å². The van der Waals surface area contributed by atoms with Crippen LogP contribution in [0, 0.1) is 12.3 Å². The Morgan fingerprint density at radius 3 is 2.90 bits per heavy atom. The number of carbonyl (C=O) groups excluding carboxylic acids is 1. The van der Waals surface area contributed by atoms with Gasteiger partial charge in [-0.1, -0.05) is 44.9 Å². The molecule has 2 N–H and O–H groups in total. The van der Waals surface area contributed by atoms with E-state index in [1.54, 1.807) is 16.8 Å². The number of unbranched alkanes of at least 4 members (excludes halogenated alkanes) is 5. The smallest absolute Gasteiger partial charge is 0.412 e. The lowest BCUT2D eigenvalue weighted by Gasteiger charge is -2.21. The van der Waals surface area contributed by atoms with Gasteiger partial charge in [0.1, 0.15) is 17.7 Å². The van der Waals surface area contributed by atoms with Crippen molar-refractivity contribution in [2.45, 2.75) is 70.1 Å². The lowest BCUT2D eigenvalue weighted by molar-refractivity contribution is -0.0615. The molecule has 0 saturated carbocycles. The van der Waals surface area contributed by atoms with Crippen LogP contribution in [-0.4, -0.2) is 44.5 Å². The second kappa shape index (κ2) is 10.8. The zero-order chi connectivity index (χ0) is 22.3. The summed E-state index contributed by atoms with van der Waals surface area (Å²) in [5.41, 5.74) is -0.499. The van der Waals surface area contributed by atoms with Gasteiger partial charge in [0.25, 0.3) is 0 Å². The van der Waals surface area contributed by atoms with Crippen LogP contribution >= 0.6 is 11.6 Å². The number of aliphatic hydroxyl groups excluding tert-OH is 1. The van der Waals surface area contributed by atoms with Gasteiger partial charge >= 0.3 is 6.09 Å². The molecule has 2 atom stereocenters. The van der Waals surface area contributed by atoms with E-state index in [4.69, 9.17) is 27.5 Å². The Balaban J connectivity index is 1.64. The number of hydrogen-bond donors (Lipinski definition) is 2. The van der Waals surface area contributed by atoms with Crippen LogP contribution < -0.4 is 5.32 Å². The first-order valence-electron chi connectivity index (χ1n) is 10.8. The number of amides is 1. The van der Waals surface area contributed by atoms with Gasteiger partial charge in [-0.15, -0.1) is 6.42 Å². The van der Waals surface area contributed by atoms with E-state index in [1.165, 1.54) is 19.3 Å². The summed E-state index contributed by atoms with van der Waals surface area (Å²) in [7, 11) is 0. The lowest BCUT2D eigenvalue weighted by atomic mass is 10.0. The molecule has 8 nitrogen and oxygen atoms in total.